The largest absolute Gasteiger partial charge is 0.309 e. The van der Waals surface area contributed by atoms with Gasteiger partial charge in [-0.2, -0.15) is 5.10 Å². The van der Waals surface area contributed by atoms with E-state index in [4.69, 9.17) is 0 Å². The van der Waals surface area contributed by atoms with E-state index < -0.39 is 0 Å². The van der Waals surface area contributed by atoms with Crippen LogP contribution in [0, 0.1) is 0 Å². The molecule has 0 fully saturated rings. The van der Waals surface area contributed by atoms with Crippen molar-refractivity contribution in [3.8, 4) is 0 Å². The Hall–Kier alpha value is -0.480. The van der Waals surface area contributed by atoms with Gasteiger partial charge < -0.3 is 4.90 Å². The third-order valence-electron chi connectivity index (χ3n) is 1.73. The highest BCUT2D eigenvalue weighted by Crippen LogP contribution is 2.05. The lowest BCUT2D eigenvalue weighted by atomic mass is 10.2. The smallest absolute Gasteiger partial charge is 0.128 e. The van der Waals surface area contributed by atoms with Gasteiger partial charge in [0.1, 0.15) is 4.60 Å². The second-order valence-electron chi connectivity index (χ2n) is 3.25. The quantitative estimate of drug-likeness (QED) is 0.807. The summed E-state index contributed by atoms with van der Waals surface area (Å²) >= 11 is 3.25. The van der Waals surface area contributed by atoms with Gasteiger partial charge in [-0.3, -0.25) is 0 Å². The molecule has 72 valence electrons. The van der Waals surface area contributed by atoms with Gasteiger partial charge in [0.05, 0.1) is 5.69 Å². The van der Waals surface area contributed by atoms with Crippen molar-refractivity contribution in [2.45, 2.75) is 12.8 Å². The average molecular weight is 244 g/mol. The number of hydrogen-bond donors (Lipinski definition) is 0. The van der Waals surface area contributed by atoms with E-state index in [1.807, 2.05) is 12.1 Å². The topological polar surface area (TPSA) is 29.0 Å². The van der Waals surface area contributed by atoms with E-state index in [1.54, 1.807) is 0 Å². The molecule has 0 saturated heterocycles. The van der Waals surface area contributed by atoms with Crippen LogP contribution in [0.25, 0.3) is 0 Å². The molecule has 1 aromatic rings. The van der Waals surface area contributed by atoms with Crippen molar-refractivity contribution < 1.29 is 0 Å². The molecule has 1 rings (SSSR count). The van der Waals surface area contributed by atoms with Crippen LogP contribution in [0.2, 0.25) is 0 Å². The molecule has 0 spiro atoms. The number of nitrogens with zero attached hydrogens (tertiary/aromatic N) is 3. The zero-order chi connectivity index (χ0) is 9.68. The fourth-order valence-corrected chi connectivity index (χ4v) is 1.26. The van der Waals surface area contributed by atoms with Gasteiger partial charge in [-0.05, 0) is 61.5 Å². The van der Waals surface area contributed by atoms with Gasteiger partial charge in [0.15, 0.2) is 0 Å². The molecule has 0 aliphatic heterocycles. The number of aromatic nitrogens is 2. The van der Waals surface area contributed by atoms with Crippen molar-refractivity contribution in [1.82, 2.24) is 15.1 Å². The highest BCUT2D eigenvalue weighted by molar-refractivity contribution is 9.10. The third-order valence-corrected chi connectivity index (χ3v) is 2.15. The molecule has 1 heterocycles. The summed E-state index contributed by atoms with van der Waals surface area (Å²) in [4.78, 5) is 2.17. The first-order chi connectivity index (χ1) is 6.18. The summed E-state index contributed by atoms with van der Waals surface area (Å²) in [7, 11) is 4.15. The van der Waals surface area contributed by atoms with Gasteiger partial charge in [-0.1, -0.05) is 0 Å². The van der Waals surface area contributed by atoms with Gasteiger partial charge in [0.2, 0.25) is 0 Å². The van der Waals surface area contributed by atoms with Crippen LogP contribution in [-0.4, -0.2) is 35.7 Å². The monoisotopic (exact) mass is 243 g/mol. The fraction of sp³-hybridized carbons (Fsp3) is 0.556. The van der Waals surface area contributed by atoms with Crippen LogP contribution in [-0.2, 0) is 6.42 Å². The van der Waals surface area contributed by atoms with Crippen LogP contribution < -0.4 is 0 Å². The van der Waals surface area contributed by atoms with Crippen LogP contribution >= 0.6 is 15.9 Å². The first-order valence-electron chi connectivity index (χ1n) is 4.31. The molecule has 0 radical (unpaired) electrons. The zero-order valence-electron chi connectivity index (χ0n) is 8.00. The molecule has 0 bridgehead atoms. The molecule has 3 nitrogen and oxygen atoms in total. The van der Waals surface area contributed by atoms with Crippen molar-refractivity contribution in [1.29, 1.82) is 0 Å². The molecular formula is C9H14BrN3. The Kier molecular flexibility index (Phi) is 4.32. The predicted molar refractivity (Wildman–Crippen MR) is 56.6 cm³/mol. The third kappa shape index (κ3) is 4.33. The summed E-state index contributed by atoms with van der Waals surface area (Å²) in [6, 6.07) is 3.94. The standard InChI is InChI=1S/C9H14BrN3/c1-13(2)7-3-4-8-5-6-9(10)12-11-8/h5-6H,3-4,7H2,1-2H3. The van der Waals surface area contributed by atoms with E-state index in [0.29, 0.717) is 0 Å². The Morgan fingerprint density at radius 1 is 1.31 bits per heavy atom. The Morgan fingerprint density at radius 2 is 2.08 bits per heavy atom. The van der Waals surface area contributed by atoms with Gasteiger partial charge in [0, 0.05) is 0 Å². The van der Waals surface area contributed by atoms with E-state index in [1.165, 1.54) is 0 Å². The Bertz CT molecular complexity index is 246. The molecule has 0 aromatic carbocycles. The Labute approximate surface area is 87.3 Å². The normalized spacial score (nSPS) is 10.8. The maximum Gasteiger partial charge on any atom is 0.128 e. The van der Waals surface area contributed by atoms with Crippen LogP contribution in [0.3, 0.4) is 0 Å². The predicted octanol–water partition coefficient (Wildman–Crippen LogP) is 1.73. The second kappa shape index (κ2) is 5.29. The Balaban J connectivity index is 2.33. The zero-order valence-corrected chi connectivity index (χ0v) is 9.58. The highest BCUT2D eigenvalue weighted by Gasteiger charge is 1.96. The minimum absolute atomic E-state index is 0.795. The van der Waals surface area contributed by atoms with Crippen molar-refractivity contribution in [2.75, 3.05) is 20.6 Å². The maximum atomic E-state index is 4.06. The average Bonchev–Trinajstić information content (AvgIpc) is 2.08. The van der Waals surface area contributed by atoms with Crippen LogP contribution in [0.1, 0.15) is 12.1 Å². The van der Waals surface area contributed by atoms with Gasteiger partial charge in [0.25, 0.3) is 0 Å². The van der Waals surface area contributed by atoms with Crippen molar-refractivity contribution in [3.05, 3.63) is 22.4 Å². The van der Waals surface area contributed by atoms with Crippen LogP contribution in [0.15, 0.2) is 16.7 Å². The molecular weight excluding hydrogens is 230 g/mol. The first-order valence-corrected chi connectivity index (χ1v) is 5.10. The summed E-state index contributed by atoms with van der Waals surface area (Å²) in [6.07, 6.45) is 2.13. The van der Waals surface area contributed by atoms with E-state index in [9.17, 15) is 0 Å². The first kappa shape index (κ1) is 10.6. The summed E-state index contributed by atoms with van der Waals surface area (Å²) in [5, 5.41) is 7.99. The lowest BCUT2D eigenvalue weighted by molar-refractivity contribution is 0.399. The molecule has 0 unspecified atom stereocenters. The Morgan fingerprint density at radius 3 is 2.62 bits per heavy atom. The molecule has 0 saturated carbocycles. The van der Waals surface area contributed by atoms with Crippen molar-refractivity contribution >= 4 is 15.9 Å². The lowest BCUT2D eigenvalue weighted by Gasteiger charge is -2.07. The molecule has 1 aromatic heterocycles. The van der Waals surface area contributed by atoms with Crippen LogP contribution in [0.4, 0.5) is 0 Å². The minimum Gasteiger partial charge on any atom is -0.309 e. The number of aryl methyl sites for hydroxylation is 1. The SMILES string of the molecule is CN(C)CCCc1ccc(Br)nn1. The maximum absolute atomic E-state index is 4.06. The van der Waals surface area contributed by atoms with Gasteiger partial charge >= 0.3 is 0 Å². The van der Waals surface area contributed by atoms with Gasteiger partial charge in [-0.15, -0.1) is 5.10 Å². The molecule has 0 atom stereocenters. The molecule has 0 amide bonds. The molecule has 0 aliphatic rings. The number of rotatable bonds is 4. The van der Waals surface area contributed by atoms with Crippen molar-refractivity contribution in [3.63, 3.8) is 0 Å². The number of halogens is 1. The van der Waals surface area contributed by atoms with E-state index in [0.717, 1.165) is 29.7 Å². The van der Waals surface area contributed by atoms with Crippen LogP contribution in [0.5, 0.6) is 0 Å². The van der Waals surface area contributed by atoms with Gasteiger partial charge in [-0.25, -0.2) is 0 Å². The molecule has 0 N–H and O–H groups in total. The fourth-order valence-electron chi connectivity index (χ4n) is 1.05. The molecule has 13 heavy (non-hydrogen) atoms. The van der Waals surface area contributed by atoms with Crippen molar-refractivity contribution in [2.24, 2.45) is 0 Å². The summed E-state index contributed by atoms with van der Waals surface area (Å²) < 4.78 is 0.795. The highest BCUT2D eigenvalue weighted by atomic mass is 79.9. The molecule has 0 aliphatic carbocycles. The van der Waals surface area contributed by atoms with E-state index in [2.05, 4.69) is 45.1 Å². The second-order valence-corrected chi connectivity index (χ2v) is 4.07. The number of hydrogen-bond acceptors (Lipinski definition) is 3. The summed E-state index contributed by atoms with van der Waals surface area (Å²) in [5.41, 5.74) is 1.06. The van der Waals surface area contributed by atoms with E-state index in [-0.39, 0.29) is 0 Å². The van der Waals surface area contributed by atoms with E-state index >= 15 is 0 Å². The lowest BCUT2D eigenvalue weighted by Crippen LogP contribution is -2.13. The molecule has 4 heteroatoms. The summed E-state index contributed by atoms with van der Waals surface area (Å²) in [6.45, 7) is 1.09. The minimum atomic E-state index is 0.795. The summed E-state index contributed by atoms with van der Waals surface area (Å²) in [5.74, 6) is 0.